The summed E-state index contributed by atoms with van der Waals surface area (Å²) in [6.45, 7) is 5.73. The number of nitrogens with zero attached hydrogens (tertiary/aromatic N) is 1. The van der Waals surface area contributed by atoms with Crippen LogP contribution in [0.25, 0.3) is 0 Å². The standard InChI is InChI=1S/C7H15N/c1-4-8(3)7(2)5-6-7/h4-6H2,1-3H3. The molecule has 1 fully saturated rings. The molecule has 1 nitrogen and oxygen atoms in total. The molecule has 1 rings (SSSR count). The van der Waals surface area contributed by atoms with E-state index in [1.807, 2.05) is 0 Å². The number of hydrogen-bond donors (Lipinski definition) is 0. The van der Waals surface area contributed by atoms with Crippen molar-refractivity contribution < 1.29 is 0 Å². The lowest BCUT2D eigenvalue weighted by molar-refractivity contribution is 0.251. The SMILES string of the molecule is CCN(C)C1(C)CC1. The molecule has 0 saturated heterocycles. The van der Waals surface area contributed by atoms with E-state index in [2.05, 4.69) is 25.8 Å². The van der Waals surface area contributed by atoms with Crippen molar-refractivity contribution in [2.24, 2.45) is 0 Å². The Kier molecular flexibility index (Phi) is 1.31. The lowest BCUT2D eigenvalue weighted by Gasteiger charge is -2.21. The first-order chi connectivity index (χ1) is 3.69. The van der Waals surface area contributed by atoms with Crippen LogP contribution in [0.1, 0.15) is 26.7 Å². The predicted molar refractivity (Wildman–Crippen MR) is 35.9 cm³/mol. The highest BCUT2D eigenvalue weighted by Crippen LogP contribution is 2.39. The Morgan fingerprint density at radius 2 is 2.00 bits per heavy atom. The van der Waals surface area contributed by atoms with Crippen molar-refractivity contribution in [3.63, 3.8) is 0 Å². The van der Waals surface area contributed by atoms with Crippen molar-refractivity contribution >= 4 is 0 Å². The lowest BCUT2D eigenvalue weighted by atomic mass is 10.3. The van der Waals surface area contributed by atoms with Gasteiger partial charge in [0.1, 0.15) is 0 Å². The van der Waals surface area contributed by atoms with Crippen LogP contribution < -0.4 is 0 Å². The highest BCUT2D eigenvalue weighted by Gasteiger charge is 2.40. The van der Waals surface area contributed by atoms with E-state index in [0.29, 0.717) is 5.54 Å². The summed E-state index contributed by atoms with van der Waals surface area (Å²) in [4.78, 5) is 2.42. The van der Waals surface area contributed by atoms with Gasteiger partial charge in [0.05, 0.1) is 0 Å². The number of hydrogen-bond acceptors (Lipinski definition) is 1. The minimum absolute atomic E-state index is 0.592. The largest absolute Gasteiger partial charge is 0.301 e. The molecule has 48 valence electrons. The van der Waals surface area contributed by atoms with Gasteiger partial charge in [0, 0.05) is 5.54 Å². The summed E-state index contributed by atoms with van der Waals surface area (Å²) in [6.07, 6.45) is 2.80. The van der Waals surface area contributed by atoms with E-state index in [9.17, 15) is 0 Å². The van der Waals surface area contributed by atoms with Crippen molar-refractivity contribution in [3.05, 3.63) is 0 Å². The summed E-state index contributed by atoms with van der Waals surface area (Å²) in [5, 5.41) is 0. The first kappa shape index (κ1) is 6.09. The smallest absolute Gasteiger partial charge is 0.0179 e. The van der Waals surface area contributed by atoms with Crippen molar-refractivity contribution in [2.75, 3.05) is 13.6 Å². The fraction of sp³-hybridized carbons (Fsp3) is 1.00. The maximum atomic E-state index is 2.42. The third-order valence-electron chi connectivity index (χ3n) is 2.37. The molecule has 1 aliphatic rings. The highest BCUT2D eigenvalue weighted by molar-refractivity contribution is 4.97. The molecule has 0 atom stereocenters. The van der Waals surface area contributed by atoms with Gasteiger partial charge in [-0.3, -0.25) is 0 Å². The molecule has 0 bridgehead atoms. The molecule has 1 aliphatic carbocycles. The van der Waals surface area contributed by atoms with Crippen LogP contribution in [0.4, 0.5) is 0 Å². The summed E-state index contributed by atoms with van der Waals surface area (Å²) < 4.78 is 0. The van der Waals surface area contributed by atoms with Gasteiger partial charge in [-0.2, -0.15) is 0 Å². The Labute approximate surface area is 51.7 Å². The summed E-state index contributed by atoms with van der Waals surface area (Å²) in [6, 6.07) is 0. The molecular formula is C7H15N. The second-order valence-electron chi connectivity index (χ2n) is 3.01. The zero-order valence-electron chi connectivity index (χ0n) is 6.07. The van der Waals surface area contributed by atoms with Gasteiger partial charge in [-0.25, -0.2) is 0 Å². The van der Waals surface area contributed by atoms with Crippen LogP contribution in [0.2, 0.25) is 0 Å². The molecule has 0 heterocycles. The summed E-state index contributed by atoms with van der Waals surface area (Å²) in [7, 11) is 2.20. The zero-order chi connectivity index (χ0) is 6.20. The first-order valence-electron chi connectivity index (χ1n) is 3.40. The third kappa shape index (κ3) is 0.873. The lowest BCUT2D eigenvalue weighted by Crippen LogP contribution is -2.30. The molecule has 0 unspecified atom stereocenters. The Hall–Kier alpha value is -0.0400. The van der Waals surface area contributed by atoms with Gasteiger partial charge in [-0.05, 0) is 33.4 Å². The molecular weight excluding hydrogens is 98.1 g/mol. The summed E-state index contributed by atoms with van der Waals surface area (Å²) >= 11 is 0. The van der Waals surface area contributed by atoms with Gasteiger partial charge < -0.3 is 4.90 Å². The second kappa shape index (κ2) is 1.73. The van der Waals surface area contributed by atoms with Crippen LogP contribution in [-0.4, -0.2) is 24.0 Å². The fourth-order valence-corrected chi connectivity index (χ4v) is 0.944. The Morgan fingerprint density at radius 1 is 1.50 bits per heavy atom. The van der Waals surface area contributed by atoms with E-state index in [1.54, 1.807) is 0 Å². The third-order valence-corrected chi connectivity index (χ3v) is 2.37. The van der Waals surface area contributed by atoms with Crippen LogP contribution in [0.5, 0.6) is 0 Å². The van der Waals surface area contributed by atoms with E-state index in [4.69, 9.17) is 0 Å². The van der Waals surface area contributed by atoms with E-state index in [1.165, 1.54) is 19.4 Å². The number of rotatable bonds is 2. The van der Waals surface area contributed by atoms with E-state index in [0.717, 1.165) is 0 Å². The Balaban J connectivity index is 2.34. The molecule has 0 amide bonds. The molecule has 1 saturated carbocycles. The van der Waals surface area contributed by atoms with Crippen LogP contribution in [0.15, 0.2) is 0 Å². The normalized spacial score (nSPS) is 24.0. The van der Waals surface area contributed by atoms with Crippen LogP contribution in [0, 0.1) is 0 Å². The van der Waals surface area contributed by atoms with Crippen LogP contribution in [-0.2, 0) is 0 Å². The zero-order valence-corrected chi connectivity index (χ0v) is 6.07. The minimum Gasteiger partial charge on any atom is -0.301 e. The van der Waals surface area contributed by atoms with Gasteiger partial charge in [0.15, 0.2) is 0 Å². The molecule has 0 N–H and O–H groups in total. The van der Waals surface area contributed by atoms with Gasteiger partial charge in [0.2, 0.25) is 0 Å². The molecule has 0 aromatic rings. The van der Waals surface area contributed by atoms with Gasteiger partial charge in [-0.15, -0.1) is 0 Å². The average Bonchev–Trinajstić information content (AvgIpc) is 2.47. The summed E-state index contributed by atoms with van der Waals surface area (Å²) in [5.41, 5.74) is 0.592. The Morgan fingerprint density at radius 3 is 2.12 bits per heavy atom. The van der Waals surface area contributed by atoms with E-state index >= 15 is 0 Å². The van der Waals surface area contributed by atoms with Crippen LogP contribution >= 0.6 is 0 Å². The van der Waals surface area contributed by atoms with Gasteiger partial charge in [-0.1, -0.05) is 6.92 Å². The van der Waals surface area contributed by atoms with E-state index in [-0.39, 0.29) is 0 Å². The van der Waals surface area contributed by atoms with Crippen molar-refractivity contribution in [3.8, 4) is 0 Å². The molecule has 0 aliphatic heterocycles. The second-order valence-corrected chi connectivity index (χ2v) is 3.01. The maximum Gasteiger partial charge on any atom is 0.0179 e. The highest BCUT2D eigenvalue weighted by atomic mass is 15.2. The molecule has 1 heteroatoms. The molecule has 8 heavy (non-hydrogen) atoms. The summed E-state index contributed by atoms with van der Waals surface area (Å²) in [5.74, 6) is 0. The monoisotopic (exact) mass is 113 g/mol. The van der Waals surface area contributed by atoms with Crippen molar-refractivity contribution in [1.82, 2.24) is 4.90 Å². The van der Waals surface area contributed by atoms with E-state index < -0.39 is 0 Å². The Bertz CT molecular complexity index is 84.4. The first-order valence-corrected chi connectivity index (χ1v) is 3.40. The average molecular weight is 113 g/mol. The molecule has 0 aromatic heterocycles. The molecule has 0 aromatic carbocycles. The van der Waals surface area contributed by atoms with Crippen LogP contribution in [0.3, 0.4) is 0 Å². The topological polar surface area (TPSA) is 3.24 Å². The van der Waals surface area contributed by atoms with Crippen molar-refractivity contribution in [1.29, 1.82) is 0 Å². The maximum absolute atomic E-state index is 2.42. The minimum atomic E-state index is 0.592. The molecule has 0 radical (unpaired) electrons. The quantitative estimate of drug-likeness (QED) is 0.524. The van der Waals surface area contributed by atoms with Gasteiger partial charge in [0.25, 0.3) is 0 Å². The predicted octanol–water partition coefficient (Wildman–Crippen LogP) is 1.49. The van der Waals surface area contributed by atoms with Crippen molar-refractivity contribution in [2.45, 2.75) is 32.2 Å². The molecule has 0 spiro atoms. The fourth-order valence-electron chi connectivity index (χ4n) is 0.944. The van der Waals surface area contributed by atoms with Gasteiger partial charge >= 0.3 is 0 Å².